The largest absolute Gasteiger partial charge is 0.843 e. The molecule has 0 heterocycles. The van der Waals surface area contributed by atoms with Crippen molar-refractivity contribution in [3.05, 3.63) is 0 Å². The van der Waals surface area contributed by atoms with Gasteiger partial charge in [-0.15, -0.1) is 0 Å². The molecule has 134 valence electrons. The van der Waals surface area contributed by atoms with E-state index >= 15 is 0 Å². The first-order chi connectivity index (χ1) is 9.95. The van der Waals surface area contributed by atoms with Crippen LogP contribution >= 0.6 is 0 Å². The van der Waals surface area contributed by atoms with Gasteiger partial charge in [-0.3, -0.25) is 0 Å². The molecular weight excluding hydrogens is 333 g/mol. The molecule has 0 saturated carbocycles. The quantitative estimate of drug-likeness (QED) is 0.584. The van der Waals surface area contributed by atoms with Crippen molar-refractivity contribution in [2.24, 2.45) is 16.2 Å². The average Bonchev–Trinajstić information content (AvgIpc) is 2.17. The molecule has 0 N–H and O–H groups in total. The maximum absolute atomic E-state index is 6.92. The van der Waals surface area contributed by atoms with Crippen molar-refractivity contribution in [3.63, 3.8) is 0 Å². The Morgan fingerprint density at radius 1 is 0.522 bits per heavy atom. The van der Waals surface area contributed by atoms with Crippen molar-refractivity contribution in [1.29, 1.82) is 0 Å². The molecule has 0 amide bonds. The summed E-state index contributed by atoms with van der Waals surface area (Å²) >= 11 is -4.56. The Hall–Kier alpha value is 1.48. The van der Waals surface area contributed by atoms with E-state index in [1.54, 1.807) is 0 Å². The van der Waals surface area contributed by atoms with Gasteiger partial charge in [-0.05, 0) is 16.2 Å². The lowest BCUT2D eigenvalue weighted by Gasteiger charge is -2.62. The molecule has 0 radical (unpaired) electrons. The van der Waals surface area contributed by atoms with Gasteiger partial charge >= 0.3 is 44.1 Å². The Bertz CT molecular complexity index is 317. The Kier molecular flexibility index (Phi) is 8.99. The van der Waals surface area contributed by atoms with Gasteiger partial charge in [0.25, 0.3) is 0 Å². The summed E-state index contributed by atoms with van der Waals surface area (Å²) in [6, 6.07) is 0. The summed E-state index contributed by atoms with van der Waals surface area (Å²) < 4.78 is 19.5. The summed E-state index contributed by atoms with van der Waals surface area (Å²) in [5.74, 6) is 8.78. The van der Waals surface area contributed by atoms with Crippen LogP contribution < -0.4 is 0 Å². The van der Waals surface area contributed by atoms with Gasteiger partial charge in [-0.25, -0.2) is 0 Å². The van der Waals surface area contributed by atoms with Gasteiger partial charge in [0, 0.05) is 0 Å². The van der Waals surface area contributed by atoms with E-state index < -0.39 is 44.1 Å². The van der Waals surface area contributed by atoms with Crippen molar-refractivity contribution in [2.45, 2.75) is 91.1 Å². The predicted molar refractivity (Wildman–Crippen MR) is 105 cm³/mol. The first kappa shape index (κ1) is 24.5. The van der Waals surface area contributed by atoms with Crippen LogP contribution in [0.2, 0.25) is 23.1 Å². The minimum Gasteiger partial charge on any atom is -0.591 e. The molecule has 6 heteroatoms. The molecule has 0 aliphatic rings. The van der Waals surface area contributed by atoms with Crippen molar-refractivity contribution >= 4 is 44.1 Å². The third-order valence-corrected chi connectivity index (χ3v) is 10.9. The molecule has 0 aromatic rings. The highest BCUT2D eigenvalue weighted by molar-refractivity contribution is 6.64. The summed E-state index contributed by atoms with van der Waals surface area (Å²) in [4.78, 5) is 0. The molecular formula is C17H39Al3O3. The molecule has 0 fully saturated rings. The van der Waals surface area contributed by atoms with Crippen molar-refractivity contribution in [3.8, 4) is 0 Å². The minimum atomic E-state index is -2.15. The monoisotopic (exact) mass is 372 g/mol. The fourth-order valence-corrected chi connectivity index (χ4v) is 10.8. The van der Waals surface area contributed by atoms with Crippen molar-refractivity contribution in [2.75, 3.05) is 0 Å². The van der Waals surface area contributed by atoms with E-state index in [1.807, 2.05) is 0 Å². The number of rotatable bonds is 6. The lowest BCUT2D eigenvalue weighted by atomic mass is 9.52. The molecule has 0 bridgehead atoms. The van der Waals surface area contributed by atoms with E-state index in [9.17, 15) is 0 Å². The summed E-state index contributed by atoms with van der Waals surface area (Å²) in [6.45, 7) is 20.6. The second-order valence-electron chi connectivity index (χ2n) is 10.2. The van der Waals surface area contributed by atoms with Crippen LogP contribution in [0.3, 0.4) is 0 Å². The zero-order valence-corrected chi connectivity index (χ0v) is 21.4. The minimum absolute atomic E-state index is 0.0292. The second-order valence-corrected chi connectivity index (χ2v) is 17.4. The van der Waals surface area contributed by atoms with Crippen LogP contribution in [0.25, 0.3) is 0 Å². The van der Waals surface area contributed by atoms with E-state index in [4.69, 9.17) is 9.47 Å². The molecule has 0 aliphatic heterocycles. The topological polar surface area (TPSA) is 27.7 Å². The van der Waals surface area contributed by atoms with E-state index in [-0.39, 0.29) is 21.8 Å². The van der Waals surface area contributed by atoms with Crippen LogP contribution in [-0.4, -0.2) is 49.7 Å². The number of hydrogen-bond acceptors (Lipinski definition) is 3. The molecule has 0 spiro atoms. The van der Waals surface area contributed by atoms with E-state index in [0.29, 0.717) is 0 Å². The Morgan fingerprint density at radius 2 is 0.783 bits per heavy atom. The Labute approximate surface area is 160 Å². The highest BCUT2D eigenvalue weighted by Crippen LogP contribution is 2.56. The first-order valence-electron chi connectivity index (χ1n) is 8.94. The van der Waals surface area contributed by atoms with Gasteiger partial charge in [0.2, 0.25) is 0 Å². The van der Waals surface area contributed by atoms with E-state index in [2.05, 4.69) is 85.5 Å². The normalized spacial score (nSPS) is 14.0. The fraction of sp³-hybridized carbons (Fsp3) is 1.00. The zero-order valence-electron chi connectivity index (χ0n) is 18.0. The Morgan fingerprint density at radius 3 is 0.957 bits per heavy atom. The molecule has 0 saturated heterocycles. The van der Waals surface area contributed by atoms with Crippen LogP contribution in [0.4, 0.5) is 0 Å². The highest BCUT2D eigenvalue weighted by Gasteiger charge is 2.61. The van der Waals surface area contributed by atoms with Crippen LogP contribution in [0.5, 0.6) is 0 Å². The molecule has 0 rings (SSSR count). The smallest absolute Gasteiger partial charge is 0.591 e. The molecule has 23 heavy (non-hydrogen) atoms. The molecule has 0 aliphatic carbocycles. The SMILES string of the molecule is [CH3][Al]([CH3])[O][Al]([O][Al]([CH3])[CH3])[O]C(C(C)(C)C)(C(C)(C)C)C(C)(C)C. The maximum atomic E-state index is 6.92. The van der Waals surface area contributed by atoms with Gasteiger partial charge in [-0.1, -0.05) is 85.5 Å². The highest BCUT2D eigenvalue weighted by atomic mass is 27.4. The lowest BCUT2D eigenvalue weighted by Crippen LogP contribution is -2.65. The van der Waals surface area contributed by atoms with Gasteiger partial charge in [0.05, 0.1) is 5.60 Å². The second kappa shape index (κ2) is 8.45. The van der Waals surface area contributed by atoms with Crippen LogP contribution in [0.15, 0.2) is 0 Å². The lowest BCUT2D eigenvalue weighted by molar-refractivity contribution is -0.198. The summed E-state index contributed by atoms with van der Waals surface area (Å²) in [6.07, 6.45) is 0. The van der Waals surface area contributed by atoms with Crippen molar-refractivity contribution in [1.82, 2.24) is 0 Å². The van der Waals surface area contributed by atoms with Crippen molar-refractivity contribution < 1.29 is 9.47 Å². The molecule has 3 nitrogen and oxygen atoms in total. The van der Waals surface area contributed by atoms with Crippen LogP contribution in [-0.2, 0) is 9.47 Å². The van der Waals surface area contributed by atoms with Gasteiger partial charge in [0.15, 0.2) is 0 Å². The molecule has 0 atom stereocenters. The molecule has 0 unspecified atom stereocenters. The van der Waals surface area contributed by atoms with Gasteiger partial charge in [-0.2, -0.15) is 0 Å². The molecule has 0 aromatic heterocycles. The number of hydrogen-bond donors (Lipinski definition) is 0. The summed E-state index contributed by atoms with van der Waals surface area (Å²) in [5.41, 5.74) is -0.425. The summed E-state index contributed by atoms with van der Waals surface area (Å²) in [5, 5.41) is 0. The fourth-order valence-electron chi connectivity index (χ4n) is 4.58. The van der Waals surface area contributed by atoms with Gasteiger partial charge < -0.3 is 9.47 Å². The Balaban J connectivity index is 6.03. The summed E-state index contributed by atoms with van der Waals surface area (Å²) in [7, 11) is 0. The van der Waals surface area contributed by atoms with E-state index in [1.165, 1.54) is 0 Å². The van der Waals surface area contributed by atoms with Gasteiger partial charge in [0.1, 0.15) is 0 Å². The maximum Gasteiger partial charge on any atom is 0.843 e. The standard InChI is InChI=1S/C13H27O.4CH3.3Al.2O/c1-10(2,3)13(14,11(4,5)6)12(7,8)9;;;;;;;;;/h1-9H3;4*1H3;;;;;/q-1;;;;;;;+1;;. The average molecular weight is 372 g/mol. The van der Waals surface area contributed by atoms with Crippen LogP contribution in [0.1, 0.15) is 62.3 Å². The zero-order chi connectivity index (χ0) is 18.9. The first-order valence-corrected chi connectivity index (χ1v) is 15.9. The third kappa shape index (κ3) is 6.29. The predicted octanol–water partition coefficient (Wildman–Crippen LogP) is 5.40. The van der Waals surface area contributed by atoms with Crippen LogP contribution in [0, 0.1) is 16.2 Å². The molecule has 0 aromatic carbocycles. The third-order valence-electron chi connectivity index (χ3n) is 4.21. The van der Waals surface area contributed by atoms with E-state index in [0.717, 1.165) is 0 Å².